The highest BCUT2D eigenvalue weighted by atomic mass is 35.5. The molecule has 0 aromatic heterocycles. The lowest BCUT2D eigenvalue weighted by Gasteiger charge is -2.16. The van der Waals surface area contributed by atoms with Crippen molar-refractivity contribution in [1.29, 1.82) is 0 Å². The van der Waals surface area contributed by atoms with Gasteiger partial charge in [0.15, 0.2) is 0 Å². The van der Waals surface area contributed by atoms with Gasteiger partial charge in [0.2, 0.25) is 15.9 Å². The zero-order chi connectivity index (χ0) is 22.7. The van der Waals surface area contributed by atoms with Crippen LogP contribution in [0.15, 0.2) is 46.2 Å². The van der Waals surface area contributed by atoms with Crippen molar-refractivity contribution in [3.05, 3.63) is 47.0 Å². The molecule has 0 fully saturated rings. The van der Waals surface area contributed by atoms with Gasteiger partial charge < -0.3 is 10.1 Å². The van der Waals surface area contributed by atoms with Crippen LogP contribution in [0.5, 0.6) is 5.75 Å². The molecule has 0 heterocycles. The summed E-state index contributed by atoms with van der Waals surface area (Å²) in [7, 11) is 0.215. The second-order valence-electron chi connectivity index (χ2n) is 6.13. The molecule has 0 spiro atoms. The second kappa shape index (κ2) is 9.46. The molecule has 0 atom stereocenters. The Morgan fingerprint density at radius 3 is 2.43 bits per heavy atom. The number of alkyl halides is 3. The molecule has 1 N–H and O–H groups in total. The van der Waals surface area contributed by atoms with Crippen LogP contribution in [0.2, 0.25) is 5.02 Å². The molecule has 0 radical (unpaired) electrons. The molecule has 164 valence electrons. The Kier molecular flexibility index (Phi) is 7.67. The average Bonchev–Trinajstić information content (AvgIpc) is 2.66. The summed E-state index contributed by atoms with van der Waals surface area (Å²) in [6.07, 6.45) is -4.60. The lowest BCUT2D eigenvalue weighted by Crippen LogP contribution is -2.23. The topological polar surface area (TPSA) is 75.7 Å². The normalized spacial score (nSPS) is 12.1. The third-order valence-electron chi connectivity index (χ3n) is 3.82. The monoisotopic (exact) mass is 482 g/mol. The summed E-state index contributed by atoms with van der Waals surface area (Å²) >= 11 is 6.47. The van der Waals surface area contributed by atoms with E-state index in [0.717, 1.165) is 28.2 Å². The minimum absolute atomic E-state index is 0.108. The highest BCUT2D eigenvalue weighted by molar-refractivity contribution is 8.00. The van der Waals surface area contributed by atoms with Gasteiger partial charge in [-0.15, -0.1) is 11.8 Å². The third kappa shape index (κ3) is 5.81. The van der Waals surface area contributed by atoms with Crippen LogP contribution in [0.1, 0.15) is 5.56 Å². The minimum atomic E-state index is -4.60. The van der Waals surface area contributed by atoms with Crippen LogP contribution in [-0.4, -0.2) is 45.6 Å². The van der Waals surface area contributed by atoms with Crippen molar-refractivity contribution in [3.8, 4) is 5.75 Å². The number of nitrogens with zero attached hydrogens (tertiary/aromatic N) is 1. The molecular weight excluding hydrogens is 465 g/mol. The minimum Gasteiger partial charge on any atom is -0.495 e. The van der Waals surface area contributed by atoms with Crippen molar-refractivity contribution < 1.29 is 31.1 Å². The molecule has 0 aliphatic rings. The molecule has 2 aromatic rings. The Morgan fingerprint density at radius 2 is 1.87 bits per heavy atom. The van der Waals surface area contributed by atoms with Crippen LogP contribution >= 0.6 is 23.4 Å². The first kappa shape index (κ1) is 24.3. The standard InChI is InChI=1S/C18H18ClF3N2O4S2/c1-24(2)30(26,27)16-8-11(4-7-15(16)28-3)23-17(25)10-29-12-5-6-14(19)13(9-12)18(20,21)22/h4-9H,10H2,1-3H3,(H,23,25). The van der Waals surface area contributed by atoms with E-state index in [2.05, 4.69) is 5.32 Å². The lowest BCUT2D eigenvalue weighted by molar-refractivity contribution is -0.137. The maximum Gasteiger partial charge on any atom is 0.417 e. The Hall–Kier alpha value is -1.95. The van der Waals surface area contributed by atoms with E-state index in [1.165, 1.54) is 45.5 Å². The number of hydrogen-bond acceptors (Lipinski definition) is 5. The second-order valence-corrected chi connectivity index (χ2v) is 9.71. The van der Waals surface area contributed by atoms with Gasteiger partial charge in [-0.3, -0.25) is 4.79 Å². The Balaban J connectivity index is 2.14. The fraction of sp³-hybridized carbons (Fsp3) is 0.278. The van der Waals surface area contributed by atoms with Gasteiger partial charge in [-0.05, 0) is 36.4 Å². The molecule has 0 aliphatic carbocycles. The summed E-state index contributed by atoms with van der Waals surface area (Å²) in [5, 5.41) is 2.10. The molecule has 2 aromatic carbocycles. The first-order valence-corrected chi connectivity index (χ1v) is 11.1. The largest absolute Gasteiger partial charge is 0.495 e. The van der Waals surface area contributed by atoms with E-state index < -0.39 is 32.7 Å². The zero-order valence-corrected chi connectivity index (χ0v) is 18.5. The summed E-state index contributed by atoms with van der Waals surface area (Å²) in [6, 6.07) is 7.47. The van der Waals surface area contributed by atoms with Crippen LogP contribution < -0.4 is 10.1 Å². The van der Waals surface area contributed by atoms with Crippen molar-refractivity contribution in [2.24, 2.45) is 0 Å². The van der Waals surface area contributed by atoms with Gasteiger partial charge in [-0.25, -0.2) is 12.7 Å². The molecule has 2 rings (SSSR count). The van der Waals surface area contributed by atoms with Crippen molar-refractivity contribution in [1.82, 2.24) is 4.31 Å². The van der Waals surface area contributed by atoms with Gasteiger partial charge in [0.25, 0.3) is 0 Å². The predicted molar refractivity (Wildman–Crippen MR) is 110 cm³/mol. The molecule has 30 heavy (non-hydrogen) atoms. The fourth-order valence-electron chi connectivity index (χ4n) is 2.31. The van der Waals surface area contributed by atoms with Crippen LogP contribution in [0, 0.1) is 0 Å². The lowest BCUT2D eigenvalue weighted by atomic mass is 10.2. The van der Waals surface area contributed by atoms with Crippen molar-refractivity contribution in [2.45, 2.75) is 16.0 Å². The first-order valence-electron chi connectivity index (χ1n) is 8.26. The van der Waals surface area contributed by atoms with E-state index in [9.17, 15) is 26.4 Å². The van der Waals surface area contributed by atoms with E-state index in [1.54, 1.807) is 0 Å². The maximum atomic E-state index is 12.9. The number of carbonyl (C=O) groups excluding carboxylic acids is 1. The average molecular weight is 483 g/mol. The number of nitrogens with one attached hydrogen (secondary N) is 1. The predicted octanol–water partition coefficient (Wildman–Crippen LogP) is 4.35. The smallest absolute Gasteiger partial charge is 0.417 e. The van der Waals surface area contributed by atoms with E-state index in [0.29, 0.717) is 0 Å². The van der Waals surface area contributed by atoms with Gasteiger partial charge in [0, 0.05) is 24.7 Å². The quantitative estimate of drug-likeness (QED) is 0.594. The van der Waals surface area contributed by atoms with E-state index in [1.807, 2.05) is 0 Å². The molecule has 12 heteroatoms. The maximum absolute atomic E-state index is 12.9. The van der Waals surface area contributed by atoms with Crippen molar-refractivity contribution in [3.63, 3.8) is 0 Å². The number of carbonyl (C=O) groups is 1. The van der Waals surface area contributed by atoms with Crippen LogP contribution in [0.3, 0.4) is 0 Å². The summed E-state index contributed by atoms with van der Waals surface area (Å²) in [6.45, 7) is 0. The summed E-state index contributed by atoms with van der Waals surface area (Å²) in [5.74, 6) is -0.612. The number of sulfonamides is 1. The van der Waals surface area contributed by atoms with Crippen molar-refractivity contribution >= 4 is 45.0 Å². The fourth-order valence-corrected chi connectivity index (χ4v) is 4.35. The zero-order valence-electron chi connectivity index (χ0n) is 16.1. The van der Waals surface area contributed by atoms with Gasteiger partial charge >= 0.3 is 6.18 Å². The van der Waals surface area contributed by atoms with Gasteiger partial charge in [-0.2, -0.15) is 13.2 Å². The number of methoxy groups -OCH3 is 1. The van der Waals surface area contributed by atoms with Gasteiger partial charge in [-0.1, -0.05) is 11.6 Å². The van der Waals surface area contributed by atoms with Crippen LogP contribution in [-0.2, 0) is 21.0 Å². The Labute approximate surface area is 181 Å². The van der Waals surface area contributed by atoms with E-state index in [-0.39, 0.29) is 27.0 Å². The molecule has 0 saturated carbocycles. The van der Waals surface area contributed by atoms with E-state index >= 15 is 0 Å². The van der Waals surface area contributed by atoms with Crippen LogP contribution in [0.4, 0.5) is 18.9 Å². The molecule has 0 aliphatic heterocycles. The molecule has 1 amide bonds. The number of benzene rings is 2. The summed E-state index contributed by atoms with van der Waals surface area (Å²) in [4.78, 5) is 12.3. The number of rotatable bonds is 7. The molecule has 0 unspecified atom stereocenters. The summed E-state index contributed by atoms with van der Waals surface area (Å²) in [5.41, 5.74) is -0.780. The number of thioether (sulfide) groups is 1. The number of hydrogen-bond donors (Lipinski definition) is 1. The van der Waals surface area contributed by atoms with E-state index in [4.69, 9.17) is 16.3 Å². The van der Waals surface area contributed by atoms with Crippen LogP contribution in [0.25, 0.3) is 0 Å². The first-order chi connectivity index (χ1) is 13.9. The third-order valence-corrected chi connectivity index (χ3v) is 6.98. The highest BCUT2D eigenvalue weighted by Gasteiger charge is 2.33. The van der Waals surface area contributed by atoms with Gasteiger partial charge in [0.05, 0.1) is 23.4 Å². The SMILES string of the molecule is COc1ccc(NC(=O)CSc2ccc(Cl)c(C(F)(F)F)c2)cc1S(=O)(=O)N(C)C. The Morgan fingerprint density at radius 1 is 1.20 bits per heavy atom. The molecule has 0 saturated heterocycles. The molecular formula is C18H18ClF3N2O4S2. The number of ether oxygens (including phenoxy) is 1. The van der Waals surface area contributed by atoms with Crippen molar-refractivity contribution in [2.75, 3.05) is 32.3 Å². The number of halogens is 4. The van der Waals surface area contributed by atoms with Gasteiger partial charge in [0.1, 0.15) is 10.6 Å². The Bertz CT molecular complexity index is 1040. The molecule has 0 bridgehead atoms. The number of amides is 1. The number of anilines is 1. The highest BCUT2D eigenvalue weighted by Crippen LogP contribution is 2.37. The molecule has 6 nitrogen and oxygen atoms in total. The summed E-state index contributed by atoms with van der Waals surface area (Å²) < 4.78 is 69.7.